The second-order valence-corrected chi connectivity index (χ2v) is 4.55. The number of Topliss-reactive ketones (excluding diaryl/α,β-unsaturated/α-hetero) is 1. The fourth-order valence-electron chi connectivity index (χ4n) is 1.88. The minimum atomic E-state index is -0.329. The lowest BCUT2D eigenvalue weighted by Crippen LogP contribution is -2.04. The fraction of sp³-hybridized carbons (Fsp3) is 0.188. The van der Waals surface area contributed by atoms with Crippen LogP contribution >= 0.6 is 0 Å². The van der Waals surface area contributed by atoms with Gasteiger partial charge in [-0.1, -0.05) is 42.0 Å². The van der Waals surface area contributed by atoms with Crippen LogP contribution in [0.4, 0.5) is 4.39 Å². The number of carbonyl (C=O) groups excluding carboxylic acids is 1. The molecule has 0 amide bonds. The summed E-state index contributed by atoms with van der Waals surface area (Å²) in [7, 11) is 0. The van der Waals surface area contributed by atoms with E-state index in [0.29, 0.717) is 17.5 Å². The van der Waals surface area contributed by atoms with Crippen molar-refractivity contribution in [3.8, 4) is 0 Å². The molecule has 0 heterocycles. The van der Waals surface area contributed by atoms with E-state index in [1.807, 2.05) is 31.2 Å². The number of carbonyl (C=O) groups is 1. The smallest absolute Gasteiger partial charge is 0.167 e. The molecular weight excluding hydrogens is 227 g/mol. The van der Waals surface area contributed by atoms with Crippen LogP contribution in [-0.2, 0) is 6.42 Å². The van der Waals surface area contributed by atoms with Gasteiger partial charge in [0.05, 0.1) is 0 Å². The highest BCUT2D eigenvalue weighted by atomic mass is 19.1. The van der Waals surface area contributed by atoms with E-state index in [9.17, 15) is 9.18 Å². The van der Waals surface area contributed by atoms with Crippen LogP contribution < -0.4 is 0 Å². The molecule has 0 spiro atoms. The van der Waals surface area contributed by atoms with E-state index in [0.717, 1.165) is 11.1 Å². The highest BCUT2D eigenvalue weighted by molar-refractivity contribution is 5.97. The van der Waals surface area contributed by atoms with E-state index in [2.05, 4.69) is 0 Å². The summed E-state index contributed by atoms with van der Waals surface area (Å²) in [6.07, 6.45) is 0.310. The van der Waals surface area contributed by atoms with Crippen LogP contribution in [0, 0.1) is 19.7 Å². The van der Waals surface area contributed by atoms with Crippen LogP contribution in [0.1, 0.15) is 27.0 Å². The van der Waals surface area contributed by atoms with Crippen LogP contribution in [0.2, 0.25) is 0 Å². The average molecular weight is 242 g/mol. The molecule has 1 nitrogen and oxygen atoms in total. The van der Waals surface area contributed by atoms with Gasteiger partial charge in [-0.15, -0.1) is 0 Å². The lowest BCUT2D eigenvalue weighted by Gasteiger charge is -2.04. The van der Waals surface area contributed by atoms with E-state index in [-0.39, 0.29) is 11.6 Å². The molecule has 0 saturated carbocycles. The lowest BCUT2D eigenvalue weighted by atomic mass is 10.0. The molecule has 2 aromatic carbocycles. The molecule has 0 aromatic heterocycles. The van der Waals surface area contributed by atoms with Gasteiger partial charge in [-0.2, -0.15) is 0 Å². The Balaban J connectivity index is 2.19. The van der Waals surface area contributed by atoms with Crippen molar-refractivity contribution < 1.29 is 9.18 Å². The molecule has 2 aromatic rings. The monoisotopic (exact) mass is 242 g/mol. The Bertz CT molecular complexity index is 587. The van der Waals surface area contributed by atoms with Crippen molar-refractivity contribution in [3.63, 3.8) is 0 Å². The molecule has 0 radical (unpaired) electrons. The molecule has 0 atom stereocenters. The predicted octanol–water partition coefficient (Wildman–Crippen LogP) is 3.87. The average Bonchev–Trinajstić information content (AvgIpc) is 2.32. The second kappa shape index (κ2) is 5.13. The molecule has 0 fully saturated rings. The lowest BCUT2D eigenvalue weighted by molar-refractivity contribution is 0.0992. The van der Waals surface area contributed by atoms with E-state index in [1.165, 1.54) is 6.07 Å². The largest absolute Gasteiger partial charge is 0.294 e. The van der Waals surface area contributed by atoms with Crippen LogP contribution in [0.15, 0.2) is 42.5 Å². The van der Waals surface area contributed by atoms with Crippen molar-refractivity contribution in [2.75, 3.05) is 0 Å². The van der Waals surface area contributed by atoms with Crippen molar-refractivity contribution in [1.82, 2.24) is 0 Å². The molecule has 0 N–H and O–H groups in total. The third-order valence-corrected chi connectivity index (χ3v) is 2.94. The first-order valence-electron chi connectivity index (χ1n) is 5.91. The van der Waals surface area contributed by atoms with Gasteiger partial charge >= 0.3 is 0 Å². The number of hydrogen-bond donors (Lipinski definition) is 0. The molecule has 0 aliphatic rings. The summed E-state index contributed by atoms with van der Waals surface area (Å²) in [5, 5.41) is 0. The summed E-state index contributed by atoms with van der Waals surface area (Å²) in [5.41, 5.74) is 3.07. The third-order valence-electron chi connectivity index (χ3n) is 2.94. The molecule has 0 bridgehead atoms. The van der Waals surface area contributed by atoms with Gasteiger partial charge in [-0.25, -0.2) is 4.39 Å². The number of rotatable bonds is 3. The van der Waals surface area contributed by atoms with Crippen molar-refractivity contribution in [2.24, 2.45) is 0 Å². The van der Waals surface area contributed by atoms with Gasteiger partial charge in [0.15, 0.2) is 5.78 Å². The Morgan fingerprint density at radius 3 is 2.56 bits per heavy atom. The number of hydrogen-bond acceptors (Lipinski definition) is 1. The van der Waals surface area contributed by atoms with Crippen LogP contribution in [0.25, 0.3) is 0 Å². The Morgan fingerprint density at radius 1 is 1.11 bits per heavy atom. The predicted molar refractivity (Wildman–Crippen MR) is 70.4 cm³/mol. The van der Waals surface area contributed by atoms with Gasteiger partial charge in [-0.3, -0.25) is 4.79 Å². The molecule has 0 aliphatic heterocycles. The number of benzene rings is 2. The van der Waals surface area contributed by atoms with Gasteiger partial charge in [0.25, 0.3) is 0 Å². The van der Waals surface area contributed by atoms with Crippen LogP contribution in [-0.4, -0.2) is 5.78 Å². The molecule has 0 saturated heterocycles. The Morgan fingerprint density at radius 2 is 1.89 bits per heavy atom. The first-order valence-corrected chi connectivity index (χ1v) is 5.91. The van der Waals surface area contributed by atoms with E-state index >= 15 is 0 Å². The highest BCUT2D eigenvalue weighted by Crippen LogP contribution is 2.13. The van der Waals surface area contributed by atoms with Crippen molar-refractivity contribution in [1.29, 1.82) is 0 Å². The zero-order valence-electron chi connectivity index (χ0n) is 10.5. The SMILES string of the molecule is Cc1cccc(CC(=O)c2ccc(C)c(F)c2)c1. The Kier molecular flexibility index (Phi) is 3.56. The molecular formula is C16H15FO. The highest BCUT2D eigenvalue weighted by Gasteiger charge is 2.09. The topological polar surface area (TPSA) is 17.1 Å². The van der Waals surface area contributed by atoms with Gasteiger partial charge in [0.2, 0.25) is 0 Å². The van der Waals surface area contributed by atoms with Crippen LogP contribution in [0.3, 0.4) is 0 Å². The summed E-state index contributed by atoms with van der Waals surface area (Å²) in [5.74, 6) is -0.385. The maximum absolute atomic E-state index is 13.4. The Hall–Kier alpha value is -1.96. The summed E-state index contributed by atoms with van der Waals surface area (Å²) in [6.45, 7) is 3.67. The van der Waals surface area contributed by atoms with Crippen molar-refractivity contribution >= 4 is 5.78 Å². The minimum absolute atomic E-state index is 0.0560. The fourth-order valence-corrected chi connectivity index (χ4v) is 1.88. The number of aryl methyl sites for hydroxylation is 2. The maximum atomic E-state index is 13.4. The van der Waals surface area contributed by atoms with E-state index in [4.69, 9.17) is 0 Å². The van der Waals surface area contributed by atoms with Gasteiger partial charge in [0.1, 0.15) is 5.82 Å². The van der Waals surface area contributed by atoms with Crippen molar-refractivity contribution in [3.05, 3.63) is 70.5 Å². The van der Waals surface area contributed by atoms with Crippen LogP contribution in [0.5, 0.6) is 0 Å². The van der Waals surface area contributed by atoms with Gasteiger partial charge in [0, 0.05) is 12.0 Å². The Labute approximate surface area is 106 Å². The standard InChI is InChI=1S/C16H15FO/c1-11-4-3-5-13(8-11)9-16(18)14-7-6-12(2)15(17)10-14/h3-8,10H,9H2,1-2H3. The third kappa shape index (κ3) is 2.83. The molecule has 0 aliphatic carbocycles. The normalized spacial score (nSPS) is 10.4. The summed E-state index contributed by atoms with van der Waals surface area (Å²) < 4.78 is 13.4. The quantitative estimate of drug-likeness (QED) is 0.747. The molecule has 2 heteroatoms. The van der Waals surface area contributed by atoms with E-state index in [1.54, 1.807) is 19.1 Å². The molecule has 92 valence electrons. The summed E-state index contributed by atoms with van der Waals surface area (Å²) in [4.78, 5) is 12.0. The molecule has 18 heavy (non-hydrogen) atoms. The van der Waals surface area contributed by atoms with Gasteiger partial charge in [-0.05, 0) is 31.0 Å². The first kappa shape index (κ1) is 12.5. The molecule has 0 unspecified atom stereocenters. The summed E-state index contributed by atoms with van der Waals surface area (Å²) in [6, 6.07) is 12.4. The first-order chi connectivity index (χ1) is 8.56. The number of halogens is 1. The minimum Gasteiger partial charge on any atom is -0.294 e. The van der Waals surface area contributed by atoms with Crippen molar-refractivity contribution in [2.45, 2.75) is 20.3 Å². The zero-order valence-corrected chi connectivity index (χ0v) is 10.5. The molecule has 2 rings (SSSR count). The number of ketones is 1. The van der Waals surface area contributed by atoms with E-state index < -0.39 is 0 Å². The maximum Gasteiger partial charge on any atom is 0.167 e. The van der Waals surface area contributed by atoms with Gasteiger partial charge < -0.3 is 0 Å². The second-order valence-electron chi connectivity index (χ2n) is 4.55. The zero-order chi connectivity index (χ0) is 13.1. The summed E-state index contributed by atoms with van der Waals surface area (Å²) >= 11 is 0.